The Morgan fingerprint density at radius 1 is 1.29 bits per heavy atom. The molecule has 3 rings (SSSR count). The fraction of sp³-hybridized carbons (Fsp3) is 0.300. The lowest BCUT2D eigenvalue weighted by Gasteiger charge is -2.20. The number of nitrogens with zero attached hydrogens (tertiary/aromatic N) is 2. The van der Waals surface area contributed by atoms with Gasteiger partial charge in [0.25, 0.3) is 5.91 Å². The number of aliphatic imine (C=N–C) groups is 1. The topological polar surface area (TPSA) is 41.9 Å². The molecule has 1 aliphatic heterocycles. The lowest BCUT2D eigenvalue weighted by Crippen LogP contribution is -2.26. The van der Waals surface area contributed by atoms with Crippen molar-refractivity contribution in [1.29, 1.82) is 0 Å². The van der Waals surface area contributed by atoms with E-state index in [1.807, 2.05) is 51.4 Å². The number of hydrogen-bond acceptors (Lipinski definition) is 3. The molecule has 0 saturated carbocycles. The summed E-state index contributed by atoms with van der Waals surface area (Å²) in [6.45, 7) is 5.79. The summed E-state index contributed by atoms with van der Waals surface area (Å²) < 4.78 is 5.60. The van der Waals surface area contributed by atoms with Crippen LogP contribution in [0.1, 0.15) is 39.5 Å². The Kier molecular flexibility index (Phi) is 4.65. The highest BCUT2D eigenvalue weighted by Gasteiger charge is 2.17. The second-order valence-corrected chi connectivity index (χ2v) is 6.03. The van der Waals surface area contributed by atoms with Crippen molar-refractivity contribution < 1.29 is 9.53 Å². The summed E-state index contributed by atoms with van der Waals surface area (Å²) in [5.74, 6) is 0.762. The first-order valence-corrected chi connectivity index (χ1v) is 8.19. The summed E-state index contributed by atoms with van der Waals surface area (Å²) in [5, 5.41) is 0. The van der Waals surface area contributed by atoms with Crippen molar-refractivity contribution in [1.82, 2.24) is 4.90 Å². The van der Waals surface area contributed by atoms with Crippen LogP contribution in [0, 0.1) is 6.92 Å². The molecular weight excluding hydrogens is 300 g/mol. The zero-order chi connectivity index (χ0) is 17.1. The van der Waals surface area contributed by atoms with E-state index in [9.17, 15) is 4.79 Å². The molecule has 24 heavy (non-hydrogen) atoms. The van der Waals surface area contributed by atoms with Gasteiger partial charge in [0.05, 0.1) is 13.2 Å². The minimum Gasteiger partial charge on any atom is -0.494 e. The average Bonchev–Trinajstić information content (AvgIpc) is 3.06. The maximum absolute atomic E-state index is 12.8. The van der Waals surface area contributed by atoms with E-state index < -0.39 is 0 Å². The molecule has 0 bridgehead atoms. The molecule has 0 unspecified atom stereocenters. The predicted molar refractivity (Wildman–Crippen MR) is 95.9 cm³/mol. The van der Waals surface area contributed by atoms with Gasteiger partial charge in [0.2, 0.25) is 0 Å². The average molecular weight is 322 g/mol. The Bertz CT molecular complexity index is 796. The van der Waals surface area contributed by atoms with Gasteiger partial charge in [-0.05, 0) is 48.2 Å². The van der Waals surface area contributed by atoms with Crippen molar-refractivity contribution >= 4 is 12.1 Å². The monoisotopic (exact) mass is 322 g/mol. The van der Waals surface area contributed by atoms with Crippen LogP contribution in [0.3, 0.4) is 0 Å². The standard InChI is InChI=1S/C20H22N2O2/c1-4-24-19-10-15(9-8-14(19)2)20(23)22(3)13-17-7-5-6-16-11-21-12-18(16)17/h5-11H,4,12-13H2,1-3H3. The number of amides is 1. The molecule has 0 atom stereocenters. The number of ether oxygens (including phenoxy) is 1. The highest BCUT2D eigenvalue weighted by atomic mass is 16.5. The van der Waals surface area contributed by atoms with E-state index in [0.717, 1.165) is 22.4 Å². The molecule has 2 aromatic rings. The number of aryl methyl sites for hydroxylation is 1. The number of carbonyl (C=O) groups excluding carboxylic acids is 1. The molecule has 0 radical (unpaired) electrons. The van der Waals surface area contributed by atoms with Crippen LogP contribution >= 0.6 is 0 Å². The molecule has 0 saturated heterocycles. The Morgan fingerprint density at radius 2 is 2.12 bits per heavy atom. The van der Waals surface area contributed by atoms with Crippen molar-refractivity contribution in [3.63, 3.8) is 0 Å². The van der Waals surface area contributed by atoms with Gasteiger partial charge in [-0.2, -0.15) is 0 Å². The summed E-state index contributed by atoms with van der Waals surface area (Å²) in [5.41, 5.74) is 5.21. The molecule has 1 heterocycles. The fourth-order valence-corrected chi connectivity index (χ4v) is 2.94. The smallest absolute Gasteiger partial charge is 0.254 e. The molecule has 0 spiro atoms. The van der Waals surface area contributed by atoms with Crippen molar-refractivity contribution in [2.75, 3.05) is 13.7 Å². The first kappa shape index (κ1) is 16.2. The zero-order valence-electron chi connectivity index (χ0n) is 14.4. The third-order valence-electron chi connectivity index (χ3n) is 4.28. The van der Waals surface area contributed by atoms with E-state index >= 15 is 0 Å². The third-order valence-corrected chi connectivity index (χ3v) is 4.28. The number of rotatable bonds is 5. The summed E-state index contributed by atoms with van der Waals surface area (Å²) in [7, 11) is 1.83. The van der Waals surface area contributed by atoms with E-state index in [0.29, 0.717) is 25.3 Å². The lowest BCUT2D eigenvalue weighted by atomic mass is 10.0. The quantitative estimate of drug-likeness (QED) is 0.844. The predicted octanol–water partition coefficient (Wildman–Crippen LogP) is 3.60. The van der Waals surface area contributed by atoms with Crippen LogP contribution in [0.4, 0.5) is 0 Å². The molecule has 0 aromatic heterocycles. The van der Waals surface area contributed by atoms with E-state index in [4.69, 9.17) is 4.74 Å². The second kappa shape index (κ2) is 6.87. The first-order valence-electron chi connectivity index (χ1n) is 8.19. The van der Waals surface area contributed by atoms with Crippen LogP contribution in [0.5, 0.6) is 5.75 Å². The van der Waals surface area contributed by atoms with Gasteiger partial charge in [-0.15, -0.1) is 0 Å². The Balaban J connectivity index is 1.78. The molecule has 1 amide bonds. The molecule has 0 N–H and O–H groups in total. The van der Waals surface area contributed by atoms with Crippen LogP contribution in [0.2, 0.25) is 0 Å². The second-order valence-electron chi connectivity index (χ2n) is 6.03. The molecule has 1 aliphatic rings. The van der Waals surface area contributed by atoms with Gasteiger partial charge < -0.3 is 9.64 Å². The van der Waals surface area contributed by atoms with Crippen LogP contribution in [0.15, 0.2) is 41.4 Å². The van der Waals surface area contributed by atoms with Gasteiger partial charge >= 0.3 is 0 Å². The van der Waals surface area contributed by atoms with Gasteiger partial charge in [-0.3, -0.25) is 9.79 Å². The number of carbonyl (C=O) groups is 1. The maximum atomic E-state index is 12.8. The Morgan fingerprint density at radius 3 is 2.92 bits per heavy atom. The summed E-state index contributed by atoms with van der Waals surface area (Å²) >= 11 is 0. The van der Waals surface area contributed by atoms with Crippen molar-refractivity contribution in [2.45, 2.75) is 26.9 Å². The molecule has 4 nitrogen and oxygen atoms in total. The third kappa shape index (κ3) is 3.18. The van der Waals surface area contributed by atoms with Gasteiger partial charge in [0.15, 0.2) is 0 Å². The molecule has 4 heteroatoms. The number of benzene rings is 2. The van der Waals surface area contributed by atoms with Gasteiger partial charge in [0, 0.05) is 25.4 Å². The Labute approximate surface area is 142 Å². The zero-order valence-corrected chi connectivity index (χ0v) is 14.4. The molecule has 124 valence electrons. The largest absolute Gasteiger partial charge is 0.494 e. The van der Waals surface area contributed by atoms with E-state index in [1.54, 1.807) is 4.90 Å². The van der Waals surface area contributed by atoms with Gasteiger partial charge in [-0.1, -0.05) is 24.3 Å². The van der Waals surface area contributed by atoms with E-state index in [1.165, 1.54) is 5.56 Å². The summed E-state index contributed by atoms with van der Waals surface area (Å²) in [4.78, 5) is 18.8. The highest BCUT2D eigenvalue weighted by molar-refractivity contribution is 5.94. The van der Waals surface area contributed by atoms with Crippen molar-refractivity contribution in [3.05, 3.63) is 64.2 Å². The summed E-state index contributed by atoms with van der Waals surface area (Å²) in [6, 6.07) is 11.8. The first-order chi connectivity index (χ1) is 11.6. The lowest BCUT2D eigenvalue weighted by molar-refractivity contribution is 0.0784. The minimum atomic E-state index is -0.00697. The normalized spacial score (nSPS) is 12.1. The maximum Gasteiger partial charge on any atom is 0.254 e. The van der Waals surface area contributed by atoms with Crippen LogP contribution < -0.4 is 4.74 Å². The minimum absolute atomic E-state index is 0.00697. The highest BCUT2D eigenvalue weighted by Crippen LogP contribution is 2.23. The molecule has 0 aliphatic carbocycles. The van der Waals surface area contributed by atoms with Crippen LogP contribution in [0.25, 0.3) is 0 Å². The molecular formula is C20H22N2O2. The fourth-order valence-electron chi connectivity index (χ4n) is 2.94. The number of hydrogen-bond donors (Lipinski definition) is 0. The van der Waals surface area contributed by atoms with E-state index in [-0.39, 0.29) is 5.91 Å². The van der Waals surface area contributed by atoms with Crippen molar-refractivity contribution in [3.8, 4) is 5.75 Å². The summed E-state index contributed by atoms with van der Waals surface area (Å²) in [6.07, 6.45) is 1.90. The molecule has 0 fully saturated rings. The van der Waals surface area contributed by atoms with Gasteiger partial charge in [0.1, 0.15) is 5.75 Å². The molecule has 2 aromatic carbocycles. The van der Waals surface area contributed by atoms with Gasteiger partial charge in [-0.25, -0.2) is 0 Å². The van der Waals surface area contributed by atoms with Crippen molar-refractivity contribution in [2.24, 2.45) is 4.99 Å². The van der Waals surface area contributed by atoms with Crippen LogP contribution in [-0.2, 0) is 13.1 Å². The Hall–Kier alpha value is -2.62. The SMILES string of the molecule is CCOc1cc(C(=O)N(C)Cc2cccc3c2CN=C3)ccc1C. The number of fused-ring (bicyclic) bond motifs is 1. The van der Waals surface area contributed by atoms with E-state index in [2.05, 4.69) is 17.1 Å². The van der Waals surface area contributed by atoms with Crippen LogP contribution in [-0.4, -0.2) is 30.7 Å².